The van der Waals surface area contributed by atoms with E-state index in [1.807, 2.05) is 31.2 Å². The number of nitrogens with two attached hydrogens (primary N) is 1. The Labute approximate surface area is 119 Å². The molecular formula is C17H20N2O. The van der Waals surface area contributed by atoms with E-state index in [4.69, 9.17) is 15.9 Å². The topological polar surface area (TPSA) is 59.1 Å². The molecule has 104 valence electrons. The number of hydrogen-bond donors (Lipinski definition) is 2. The monoisotopic (exact) mass is 268 g/mol. The van der Waals surface area contributed by atoms with Crippen molar-refractivity contribution < 1.29 is 4.74 Å². The van der Waals surface area contributed by atoms with Gasteiger partial charge in [-0.05, 0) is 49.1 Å². The summed E-state index contributed by atoms with van der Waals surface area (Å²) in [6, 6.07) is 16.0. The van der Waals surface area contributed by atoms with Gasteiger partial charge in [0.2, 0.25) is 0 Å². The van der Waals surface area contributed by atoms with Crippen LogP contribution in [0.15, 0.2) is 48.5 Å². The van der Waals surface area contributed by atoms with Crippen molar-refractivity contribution in [2.24, 2.45) is 5.73 Å². The zero-order valence-electron chi connectivity index (χ0n) is 11.7. The van der Waals surface area contributed by atoms with Crippen LogP contribution in [0, 0.1) is 12.3 Å². The fraction of sp³-hybridized carbons (Fsp3) is 0.235. The van der Waals surface area contributed by atoms with Gasteiger partial charge in [0.05, 0.1) is 6.61 Å². The fourth-order valence-electron chi connectivity index (χ4n) is 2.14. The molecule has 3 nitrogen and oxygen atoms in total. The molecule has 0 unspecified atom stereocenters. The second kappa shape index (κ2) is 6.75. The molecule has 2 aromatic rings. The molecule has 0 saturated heterocycles. The number of nitrogen functional groups attached to an aromatic ring is 1. The largest absolute Gasteiger partial charge is 0.494 e. The number of ether oxygens (including phenoxy) is 1. The molecule has 0 aliphatic rings. The van der Waals surface area contributed by atoms with Crippen LogP contribution < -0.4 is 10.5 Å². The third kappa shape index (κ3) is 3.85. The molecule has 0 amide bonds. The van der Waals surface area contributed by atoms with E-state index < -0.39 is 0 Å². The van der Waals surface area contributed by atoms with Crippen LogP contribution in [-0.2, 0) is 6.42 Å². The van der Waals surface area contributed by atoms with Crippen LogP contribution in [0.5, 0.6) is 5.75 Å². The molecule has 0 aliphatic heterocycles. The normalized spacial score (nSPS) is 10.2. The zero-order chi connectivity index (χ0) is 14.4. The number of hydrogen-bond acceptors (Lipinski definition) is 2. The first-order valence-electron chi connectivity index (χ1n) is 6.78. The van der Waals surface area contributed by atoms with E-state index >= 15 is 0 Å². The van der Waals surface area contributed by atoms with E-state index in [1.54, 1.807) is 0 Å². The molecule has 0 fully saturated rings. The first kappa shape index (κ1) is 14.1. The van der Waals surface area contributed by atoms with Crippen LogP contribution in [0.2, 0.25) is 0 Å². The SMILES string of the molecule is Cc1cc(OCCCc2ccccc2)ccc1C(=N)N. The summed E-state index contributed by atoms with van der Waals surface area (Å²) in [6.07, 6.45) is 2.00. The Hall–Kier alpha value is -2.29. The molecule has 0 bridgehead atoms. The van der Waals surface area contributed by atoms with Crippen LogP contribution in [0.4, 0.5) is 0 Å². The lowest BCUT2D eigenvalue weighted by molar-refractivity contribution is 0.311. The van der Waals surface area contributed by atoms with Crippen LogP contribution >= 0.6 is 0 Å². The minimum absolute atomic E-state index is 0.0955. The summed E-state index contributed by atoms with van der Waals surface area (Å²) in [7, 11) is 0. The Morgan fingerprint density at radius 3 is 2.55 bits per heavy atom. The van der Waals surface area contributed by atoms with Gasteiger partial charge in [0.15, 0.2) is 0 Å². The van der Waals surface area contributed by atoms with Crippen LogP contribution in [0.3, 0.4) is 0 Å². The summed E-state index contributed by atoms with van der Waals surface area (Å²) >= 11 is 0. The number of rotatable bonds is 6. The van der Waals surface area contributed by atoms with E-state index in [9.17, 15) is 0 Å². The van der Waals surface area contributed by atoms with Crippen molar-refractivity contribution in [3.63, 3.8) is 0 Å². The Bertz CT molecular complexity index is 579. The number of aryl methyl sites for hydroxylation is 2. The molecule has 0 aliphatic carbocycles. The molecule has 0 spiro atoms. The summed E-state index contributed by atoms with van der Waals surface area (Å²) in [6.45, 7) is 2.63. The molecule has 0 radical (unpaired) electrons. The van der Waals surface area contributed by atoms with Gasteiger partial charge in [0.25, 0.3) is 0 Å². The summed E-state index contributed by atoms with van der Waals surface area (Å²) in [4.78, 5) is 0. The first-order chi connectivity index (χ1) is 9.66. The molecule has 3 N–H and O–H groups in total. The Morgan fingerprint density at radius 1 is 1.15 bits per heavy atom. The Balaban J connectivity index is 1.83. The van der Waals surface area contributed by atoms with Gasteiger partial charge in [-0.25, -0.2) is 0 Å². The molecule has 2 rings (SSSR count). The third-order valence-electron chi connectivity index (χ3n) is 3.21. The predicted octanol–water partition coefficient (Wildman–Crippen LogP) is 3.29. The van der Waals surface area contributed by atoms with Gasteiger partial charge in [-0.3, -0.25) is 5.41 Å². The maximum Gasteiger partial charge on any atom is 0.123 e. The van der Waals surface area contributed by atoms with E-state index in [1.165, 1.54) is 5.56 Å². The lowest BCUT2D eigenvalue weighted by Crippen LogP contribution is -2.12. The minimum atomic E-state index is 0.0955. The maximum absolute atomic E-state index is 7.45. The lowest BCUT2D eigenvalue weighted by atomic mass is 10.1. The average Bonchev–Trinajstić information content (AvgIpc) is 2.44. The maximum atomic E-state index is 7.45. The van der Waals surface area contributed by atoms with E-state index in [-0.39, 0.29) is 5.84 Å². The highest BCUT2D eigenvalue weighted by Crippen LogP contribution is 2.17. The van der Waals surface area contributed by atoms with Crippen molar-refractivity contribution in [3.8, 4) is 5.75 Å². The van der Waals surface area contributed by atoms with Crippen molar-refractivity contribution in [1.82, 2.24) is 0 Å². The van der Waals surface area contributed by atoms with Crippen molar-refractivity contribution in [1.29, 1.82) is 5.41 Å². The molecule has 3 heteroatoms. The zero-order valence-corrected chi connectivity index (χ0v) is 11.7. The highest BCUT2D eigenvalue weighted by atomic mass is 16.5. The second-order valence-electron chi connectivity index (χ2n) is 4.83. The minimum Gasteiger partial charge on any atom is -0.494 e. The standard InChI is InChI=1S/C17H20N2O/c1-13-12-15(9-10-16(13)17(18)19)20-11-5-8-14-6-3-2-4-7-14/h2-4,6-7,9-10,12H,5,8,11H2,1H3,(H3,18,19). The molecule has 0 saturated carbocycles. The van der Waals surface area contributed by atoms with E-state index in [0.717, 1.165) is 29.7 Å². The van der Waals surface area contributed by atoms with Crippen LogP contribution in [0.1, 0.15) is 23.1 Å². The number of nitrogens with one attached hydrogen (secondary N) is 1. The van der Waals surface area contributed by atoms with Gasteiger partial charge in [-0.15, -0.1) is 0 Å². The van der Waals surface area contributed by atoms with Gasteiger partial charge >= 0.3 is 0 Å². The van der Waals surface area contributed by atoms with Crippen molar-refractivity contribution in [2.75, 3.05) is 6.61 Å². The van der Waals surface area contributed by atoms with E-state index in [0.29, 0.717) is 6.61 Å². The third-order valence-corrected chi connectivity index (χ3v) is 3.21. The lowest BCUT2D eigenvalue weighted by Gasteiger charge is -2.09. The quantitative estimate of drug-likeness (QED) is 0.480. The molecule has 0 heterocycles. The number of amidine groups is 1. The molecule has 0 atom stereocenters. The molecule has 2 aromatic carbocycles. The van der Waals surface area contributed by atoms with Gasteiger partial charge in [-0.1, -0.05) is 30.3 Å². The average molecular weight is 268 g/mol. The van der Waals surface area contributed by atoms with Crippen molar-refractivity contribution in [2.45, 2.75) is 19.8 Å². The molecule has 0 aromatic heterocycles. The highest BCUT2D eigenvalue weighted by molar-refractivity contribution is 5.96. The van der Waals surface area contributed by atoms with Crippen LogP contribution in [0.25, 0.3) is 0 Å². The summed E-state index contributed by atoms with van der Waals surface area (Å²) in [5.41, 5.74) is 8.56. The summed E-state index contributed by atoms with van der Waals surface area (Å²) in [5.74, 6) is 0.929. The van der Waals surface area contributed by atoms with Gasteiger partial charge < -0.3 is 10.5 Å². The van der Waals surface area contributed by atoms with Gasteiger partial charge in [-0.2, -0.15) is 0 Å². The van der Waals surface area contributed by atoms with Crippen molar-refractivity contribution >= 4 is 5.84 Å². The smallest absolute Gasteiger partial charge is 0.123 e. The first-order valence-corrected chi connectivity index (χ1v) is 6.78. The Morgan fingerprint density at radius 2 is 1.90 bits per heavy atom. The predicted molar refractivity (Wildman–Crippen MR) is 82.5 cm³/mol. The second-order valence-corrected chi connectivity index (χ2v) is 4.83. The highest BCUT2D eigenvalue weighted by Gasteiger charge is 2.03. The van der Waals surface area contributed by atoms with Gasteiger partial charge in [0, 0.05) is 5.56 Å². The summed E-state index contributed by atoms with van der Waals surface area (Å²) < 4.78 is 5.73. The molecular weight excluding hydrogens is 248 g/mol. The number of benzene rings is 2. The van der Waals surface area contributed by atoms with Crippen LogP contribution in [-0.4, -0.2) is 12.4 Å². The fourth-order valence-corrected chi connectivity index (χ4v) is 2.14. The van der Waals surface area contributed by atoms with Gasteiger partial charge in [0.1, 0.15) is 11.6 Å². The summed E-state index contributed by atoms with van der Waals surface area (Å²) in [5, 5.41) is 7.45. The van der Waals surface area contributed by atoms with E-state index in [2.05, 4.69) is 24.3 Å². The Kier molecular flexibility index (Phi) is 4.77. The van der Waals surface area contributed by atoms with Crippen molar-refractivity contribution in [3.05, 3.63) is 65.2 Å². The molecule has 20 heavy (non-hydrogen) atoms.